The summed E-state index contributed by atoms with van der Waals surface area (Å²) < 4.78 is 7.40. The first-order valence-electron chi connectivity index (χ1n) is 13.4. The standard InChI is InChI=1S/C30H37ClN2O5/c1-2-23-17-22(7-12-27(23)38-16-15-33-28(34)13-14-29(33)35)20-32(19-21-5-3-4-6-21)26(18-30(36)37)24-8-10-25(31)11-9-24/h7-14,17,21,26,34-35H,2-6,15-16,18-20H2,1H3,(H,36,37)/t26-/m0/s1. The summed E-state index contributed by atoms with van der Waals surface area (Å²) in [5, 5.41) is 30.1. The molecule has 3 aromatic rings. The van der Waals surface area contributed by atoms with Crippen molar-refractivity contribution in [2.75, 3.05) is 13.2 Å². The van der Waals surface area contributed by atoms with E-state index in [2.05, 4.69) is 17.9 Å². The molecule has 38 heavy (non-hydrogen) atoms. The Kier molecular flexibility index (Phi) is 9.58. The summed E-state index contributed by atoms with van der Waals surface area (Å²) in [7, 11) is 0. The maximum atomic E-state index is 11.9. The Morgan fingerprint density at radius 1 is 1.08 bits per heavy atom. The third kappa shape index (κ3) is 7.23. The van der Waals surface area contributed by atoms with Gasteiger partial charge in [-0.25, -0.2) is 0 Å². The first kappa shape index (κ1) is 27.9. The zero-order valence-electron chi connectivity index (χ0n) is 21.9. The van der Waals surface area contributed by atoms with Crippen LogP contribution < -0.4 is 4.74 Å². The second kappa shape index (κ2) is 13.1. The first-order valence-corrected chi connectivity index (χ1v) is 13.7. The van der Waals surface area contributed by atoms with Gasteiger partial charge in [-0.2, -0.15) is 0 Å². The van der Waals surface area contributed by atoms with E-state index < -0.39 is 5.97 Å². The largest absolute Gasteiger partial charge is 0.494 e. The number of carbonyl (C=O) groups is 1. The zero-order valence-corrected chi connectivity index (χ0v) is 22.6. The molecule has 0 aliphatic heterocycles. The van der Waals surface area contributed by atoms with Gasteiger partial charge >= 0.3 is 5.97 Å². The van der Waals surface area contributed by atoms with Gasteiger partial charge in [0.15, 0.2) is 11.8 Å². The summed E-state index contributed by atoms with van der Waals surface area (Å²) in [5.41, 5.74) is 3.13. The number of aryl methyl sites for hydroxylation is 1. The molecule has 0 spiro atoms. The van der Waals surface area contributed by atoms with Gasteiger partial charge in [-0.1, -0.05) is 55.6 Å². The van der Waals surface area contributed by atoms with E-state index in [4.69, 9.17) is 16.3 Å². The lowest BCUT2D eigenvalue weighted by molar-refractivity contribution is -0.138. The Labute approximate surface area is 229 Å². The van der Waals surface area contributed by atoms with E-state index in [1.807, 2.05) is 36.4 Å². The molecule has 0 radical (unpaired) electrons. The van der Waals surface area contributed by atoms with E-state index in [9.17, 15) is 20.1 Å². The molecule has 1 aromatic heterocycles. The number of carboxylic acids is 1. The molecule has 1 heterocycles. The van der Waals surface area contributed by atoms with Crippen molar-refractivity contribution in [1.29, 1.82) is 0 Å². The van der Waals surface area contributed by atoms with Crippen LogP contribution in [0.1, 0.15) is 61.8 Å². The van der Waals surface area contributed by atoms with E-state index in [1.165, 1.54) is 42.4 Å². The highest BCUT2D eigenvalue weighted by Gasteiger charge is 2.27. The Bertz CT molecular complexity index is 1180. The molecule has 0 amide bonds. The van der Waals surface area contributed by atoms with Crippen LogP contribution in [0.4, 0.5) is 0 Å². The smallest absolute Gasteiger partial charge is 0.305 e. The Morgan fingerprint density at radius 3 is 2.39 bits per heavy atom. The lowest BCUT2D eigenvalue weighted by Crippen LogP contribution is -2.34. The molecule has 1 atom stereocenters. The van der Waals surface area contributed by atoms with Crippen molar-refractivity contribution in [3.63, 3.8) is 0 Å². The van der Waals surface area contributed by atoms with Crippen LogP contribution in [-0.4, -0.2) is 43.9 Å². The predicted octanol–water partition coefficient (Wildman–Crippen LogP) is 6.40. The summed E-state index contributed by atoms with van der Waals surface area (Å²) in [6, 6.07) is 16.3. The molecule has 1 aliphatic rings. The van der Waals surface area contributed by atoms with Gasteiger partial charge in [0.05, 0.1) is 13.0 Å². The number of carboxylic acid groups (broad SMARTS) is 1. The Hall–Kier alpha value is -3.16. The molecule has 204 valence electrons. The number of rotatable bonds is 13. The highest BCUT2D eigenvalue weighted by atomic mass is 35.5. The SMILES string of the molecule is CCc1cc(CN(CC2CCCC2)[C@@H](CC(=O)O)c2ccc(Cl)cc2)ccc1OCCn1c(O)ccc1O. The fourth-order valence-corrected chi connectivity index (χ4v) is 5.57. The quantitative estimate of drug-likeness (QED) is 0.232. The highest BCUT2D eigenvalue weighted by molar-refractivity contribution is 6.30. The molecule has 1 aliphatic carbocycles. The van der Waals surface area contributed by atoms with Crippen molar-refractivity contribution >= 4 is 17.6 Å². The maximum absolute atomic E-state index is 11.9. The van der Waals surface area contributed by atoms with Crippen molar-refractivity contribution in [2.24, 2.45) is 5.92 Å². The summed E-state index contributed by atoms with van der Waals surface area (Å²) >= 11 is 6.13. The normalized spacial score (nSPS) is 14.7. The van der Waals surface area contributed by atoms with Crippen LogP contribution in [0, 0.1) is 5.92 Å². The number of ether oxygens (including phenoxy) is 1. The van der Waals surface area contributed by atoms with Crippen LogP contribution in [-0.2, 0) is 24.3 Å². The topological polar surface area (TPSA) is 95.2 Å². The van der Waals surface area contributed by atoms with Crippen LogP contribution in [0.3, 0.4) is 0 Å². The second-order valence-corrected chi connectivity index (χ2v) is 10.5. The van der Waals surface area contributed by atoms with Gasteiger partial charge < -0.3 is 20.1 Å². The second-order valence-electron chi connectivity index (χ2n) is 10.1. The molecule has 0 unspecified atom stereocenters. The molecular weight excluding hydrogens is 504 g/mol. The number of hydrogen-bond donors (Lipinski definition) is 3. The number of aromatic hydroxyl groups is 2. The van der Waals surface area contributed by atoms with Gasteiger partial charge in [0.25, 0.3) is 0 Å². The van der Waals surface area contributed by atoms with Gasteiger partial charge in [-0.15, -0.1) is 0 Å². The van der Waals surface area contributed by atoms with Crippen LogP contribution in [0.25, 0.3) is 0 Å². The minimum atomic E-state index is -0.820. The molecule has 2 aromatic carbocycles. The first-order chi connectivity index (χ1) is 18.3. The predicted molar refractivity (Wildman–Crippen MR) is 148 cm³/mol. The number of hydrogen-bond acceptors (Lipinski definition) is 5. The number of benzene rings is 2. The minimum absolute atomic E-state index is 0.00359. The van der Waals surface area contributed by atoms with E-state index in [0.29, 0.717) is 30.6 Å². The third-order valence-corrected chi connectivity index (χ3v) is 7.68. The van der Waals surface area contributed by atoms with E-state index in [1.54, 1.807) is 0 Å². The molecule has 7 nitrogen and oxygen atoms in total. The molecule has 3 N–H and O–H groups in total. The summed E-state index contributed by atoms with van der Waals surface area (Å²) in [4.78, 5) is 14.2. The zero-order chi connectivity index (χ0) is 27.1. The average Bonchev–Trinajstić information content (AvgIpc) is 3.53. The minimum Gasteiger partial charge on any atom is -0.494 e. The Morgan fingerprint density at radius 2 is 1.76 bits per heavy atom. The van der Waals surface area contributed by atoms with Crippen LogP contribution in [0.5, 0.6) is 17.5 Å². The fraction of sp³-hybridized carbons (Fsp3) is 0.433. The molecule has 1 fully saturated rings. The van der Waals surface area contributed by atoms with Gasteiger partial charge in [0.2, 0.25) is 0 Å². The number of nitrogens with zero attached hydrogens (tertiary/aromatic N) is 2. The van der Waals surface area contributed by atoms with Crippen LogP contribution in [0.15, 0.2) is 54.6 Å². The van der Waals surface area contributed by atoms with E-state index in [-0.39, 0.29) is 24.2 Å². The van der Waals surface area contributed by atoms with Gasteiger partial charge in [0.1, 0.15) is 12.4 Å². The number of aromatic nitrogens is 1. The molecule has 4 rings (SSSR count). The lowest BCUT2D eigenvalue weighted by Gasteiger charge is -2.33. The number of halogens is 1. The van der Waals surface area contributed by atoms with Crippen molar-refractivity contribution < 1.29 is 24.9 Å². The molecule has 1 saturated carbocycles. The van der Waals surface area contributed by atoms with Crippen LogP contribution >= 0.6 is 11.6 Å². The monoisotopic (exact) mass is 540 g/mol. The van der Waals surface area contributed by atoms with Crippen molar-refractivity contribution in [1.82, 2.24) is 9.47 Å². The summed E-state index contributed by atoms with van der Waals surface area (Å²) in [5.74, 6) is 0.504. The molecule has 8 heteroatoms. The van der Waals surface area contributed by atoms with Gasteiger partial charge in [-0.05, 0) is 60.1 Å². The summed E-state index contributed by atoms with van der Waals surface area (Å²) in [6.45, 7) is 4.18. The lowest BCUT2D eigenvalue weighted by atomic mass is 9.98. The van der Waals surface area contributed by atoms with E-state index in [0.717, 1.165) is 35.4 Å². The number of aliphatic carboxylic acids is 1. The third-order valence-electron chi connectivity index (χ3n) is 7.43. The summed E-state index contributed by atoms with van der Waals surface area (Å²) in [6.07, 6.45) is 5.62. The van der Waals surface area contributed by atoms with E-state index >= 15 is 0 Å². The molecule has 0 bridgehead atoms. The van der Waals surface area contributed by atoms with Crippen molar-refractivity contribution in [3.8, 4) is 17.5 Å². The van der Waals surface area contributed by atoms with Gasteiger partial charge in [0, 0.05) is 36.3 Å². The maximum Gasteiger partial charge on any atom is 0.305 e. The average molecular weight is 541 g/mol. The molecule has 0 saturated heterocycles. The Balaban J connectivity index is 1.53. The molecular formula is C30H37ClN2O5. The van der Waals surface area contributed by atoms with Crippen molar-refractivity contribution in [2.45, 2.75) is 64.6 Å². The van der Waals surface area contributed by atoms with Crippen molar-refractivity contribution in [3.05, 3.63) is 76.3 Å². The van der Waals surface area contributed by atoms with Crippen LogP contribution in [0.2, 0.25) is 5.02 Å². The van der Waals surface area contributed by atoms with Gasteiger partial charge in [-0.3, -0.25) is 14.3 Å². The highest BCUT2D eigenvalue weighted by Crippen LogP contribution is 2.33. The fourth-order valence-electron chi connectivity index (χ4n) is 5.44.